The molecule has 110 valence electrons. The van der Waals surface area contributed by atoms with Crippen molar-refractivity contribution in [2.24, 2.45) is 0 Å². The van der Waals surface area contributed by atoms with Crippen LogP contribution in [0, 0.1) is 0 Å². The molecule has 0 amide bonds. The number of rotatable bonds is 4. The molecule has 0 aliphatic heterocycles. The Hall–Kier alpha value is -2.88. The average Bonchev–Trinajstić information content (AvgIpc) is 2.96. The summed E-state index contributed by atoms with van der Waals surface area (Å²) >= 11 is 0. The summed E-state index contributed by atoms with van der Waals surface area (Å²) in [6.07, 6.45) is 1.66. The Bertz CT molecular complexity index is 834. The topological polar surface area (TPSA) is 59.2 Å². The van der Waals surface area contributed by atoms with Crippen molar-refractivity contribution in [2.45, 2.75) is 13.5 Å². The van der Waals surface area contributed by atoms with Crippen LogP contribution in [0.2, 0.25) is 0 Å². The van der Waals surface area contributed by atoms with E-state index in [4.69, 9.17) is 4.74 Å². The monoisotopic (exact) mass is 293 g/mol. The summed E-state index contributed by atoms with van der Waals surface area (Å²) in [6.45, 7) is 1.73. The molecule has 0 atom stereocenters. The largest absolute Gasteiger partial charge is 0.457 e. The van der Waals surface area contributed by atoms with E-state index in [1.807, 2.05) is 30.3 Å². The number of fused-ring (bicyclic) bond motifs is 1. The molecule has 3 rings (SSSR count). The Kier molecular flexibility index (Phi) is 3.74. The van der Waals surface area contributed by atoms with Gasteiger partial charge in [-0.15, -0.1) is 0 Å². The summed E-state index contributed by atoms with van der Waals surface area (Å²) < 4.78 is 5.31. The van der Waals surface area contributed by atoms with Crippen molar-refractivity contribution < 1.29 is 14.3 Å². The first-order valence-corrected chi connectivity index (χ1v) is 6.98. The van der Waals surface area contributed by atoms with Gasteiger partial charge in [0.1, 0.15) is 6.61 Å². The fourth-order valence-corrected chi connectivity index (χ4v) is 2.35. The number of ether oxygens (including phenoxy) is 1. The molecule has 4 nitrogen and oxygen atoms in total. The molecule has 0 spiro atoms. The number of nitrogens with one attached hydrogen (secondary N) is 1. The maximum absolute atomic E-state index is 12.1. The number of esters is 1. The molecule has 1 aromatic heterocycles. The van der Waals surface area contributed by atoms with Gasteiger partial charge < -0.3 is 9.72 Å². The third-order valence-corrected chi connectivity index (χ3v) is 3.51. The second-order valence-electron chi connectivity index (χ2n) is 5.08. The van der Waals surface area contributed by atoms with Crippen molar-refractivity contribution in [3.8, 4) is 0 Å². The van der Waals surface area contributed by atoms with E-state index < -0.39 is 5.97 Å². The van der Waals surface area contributed by atoms with Gasteiger partial charge in [-0.3, -0.25) is 4.79 Å². The van der Waals surface area contributed by atoms with Crippen molar-refractivity contribution >= 4 is 22.7 Å². The Morgan fingerprint density at radius 3 is 2.59 bits per heavy atom. The molecule has 0 aliphatic rings. The van der Waals surface area contributed by atoms with Gasteiger partial charge in [-0.25, -0.2) is 4.79 Å². The van der Waals surface area contributed by atoms with Gasteiger partial charge in [0.25, 0.3) is 0 Å². The first kappa shape index (κ1) is 14.1. The van der Waals surface area contributed by atoms with Gasteiger partial charge in [-0.1, -0.05) is 30.3 Å². The van der Waals surface area contributed by atoms with Gasteiger partial charge in [-0.2, -0.15) is 0 Å². The quantitative estimate of drug-likeness (QED) is 0.589. The van der Waals surface area contributed by atoms with Gasteiger partial charge >= 0.3 is 5.97 Å². The summed E-state index contributed by atoms with van der Waals surface area (Å²) in [5.74, 6) is -0.442. The molecule has 0 saturated carbocycles. The Labute approximate surface area is 127 Å². The molecule has 1 heterocycles. The lowest BCUT2D eigenvalue weighted by atomic mass is 10.1. The predicted octanol–water partition coefficient (Wildman–Crippen LogP) is 3.73. The van der Waals surface area contributed by atoms with E-state index in [1.165, 1.54) is 6.92 Å². The molecule has 0 aliphatic carbocycles. The number of ketones is 1. The third-order valence-electron chi connectivity index (χ3n) is 3.51. The van der Waals surface area contributed by atoms with Crippen LogP contribution in [-0.2, 0) is 11.3 Å². The van der Waals surface area contributed by atoms with Crippen LogP contribution >= 0.6 is 0 Å². The Morgan fingerprint density at radius 1 is 1.09 bits per heavy atom. The zero-order valence-corrected chi connectivity index (χ0v) is 12.1. The Morgan fingerprint density at radius 2 is 1.86 bits per heavy atom. The molecule has 0 unspecified atom stereocenters. The number of carbonyl (C=O) groups excluding carboxylic acids is 2. The molecule has 4 heteroatoms. The second kappa shape index (κ2) is 5.85. The molecule has 0 radical (unpaired) electrons. The number of aromatic nitrogens is 1. The molecule has 0 bridgehead atoms. The van der Waals surface area contributed by atoms with Crippen LogP contribution in [0.3, 0.4) is 0 Å². The van der Waals surface area contributed by atoms with Crippen molar-refractivity contribution in [1.82, 2.24) is 4.98 Å². The molecule has 0 fully saturated rings. The van der Waals surface area contributed by atoms with E-state index in [0.717, 1.165) is 16.5 Å². The summed E-state index contributed by atoms with van der Waals surface area (Å²) in [6, 6.07) is 14.7. The van der Waals surface area contributed by atoms with Crippen molar-refractivity contribution in [1.29, 1.82) is 0 Å². The van der Waals surface area contributed by atoms with Gasteiger partial charge in [-0.05, 0) is 30.7 Å². The average molecular weight is 293 g/mol. The molecule has 22 heavy (non-hydrogen) atoms. The smallest absolute Gasteiger partial charge is 0.338 e. The molecule has 1 N–H and O–H groups in total. The zero-order chi connectivity index (χ0) is 15.5. The summed E-state index contributed by atoms with van der Waals surface area (Å²) in [5, 5.41) is 0.738. The van der Waals surface area contributed by atoms with Crippen molar-refractivity contribution in [2.75, 3.05) is 0 Å². The highest BCUT2D eigenvalue weighted by molar-refractivity contribution is 6.08. The zero-order valence-electron chi connectivity index (χ0n) is 12.1. The number of Topliss-reactive ketones (excluding diaryl/α,β-unsaturated/α-hetero) is 1. The minimum atomic E-state index is -0.401. The lowest BCUT2D eigenvalue weighted by Crippen LogP contribution is -2.05. The number of carbonyl (C=O) groups is 2. The third kappa shape index (κ3) is 2.76. The lowest BCUT2D eigenvalue weighted by molar-refractivity contribution is 0.0472. The van der Waals surface area contributed by atoms with Crippen LogP contribution in [-0.4, -0.2) is 16.7 Å². The van der Waals surface area contributed by atoms with Crippen LogP contribution < -0.4 is 0 Å². The fraction of sp³-hybridized carbons (Fsp3) is 0.111. The van der Waals surface area contributed by atoms with Crippen LogP contribution in [0.5, 0.6) is 0 Å². The SMILES string of the molecule is CC(=O)c1c[nH]c2ccc(C(=O)OCc3ccccc3)cc12. The Balaban J connectivity index is 1.82. The maximum atomic E-state index is 12.1. The van der Waals surface area contributed by atoms with Crippen LogP contribution in [0.1, 0.15) is 33.2 Å². The van der Waals surface area contributed by atoms with Gasteiger partial charge in [0.05, 0.1) is 5.56 Å². The molecule has 3 aromatic rings. The summed E-state index contributed by atoms with van der Waals surface area (Å²) in [5.41, 5.74) is 2.77. The van der Waals surface area contributed by atoms with Gasteiger partial charge in [0.15, 0.2) is 5.78 Å². The molecular formula is C18H15NO3. The van der Waals surface area contributed by atoms with E-state index >= 15 is 0 Å². The van der Waals surface area contributed by atoms with Crippen molar-refractivity contribution in [3.05, 3.63) is 71.4 Å². The second-order valence-corrected chi connectivity index (χ2v) is 5.08. The first-order chi connectivity index (χ1) is 10.6. The number of hydrogen-bond acceptors (Lipinski definition) is 3. The van der Waals surface area contributed by atoms with Crippen molar-refractivity contribution in [3.63, 3.8) is 0 Å². The minimum absolute atomic E-state index is 0.0407. The number of H-pyrrole nitrogens is 1. The standard InChI is InChI=1S/C18H15NO3/c1-12(20)16-10-19-17-8-7-14(9-15(16)17)18(21)22-11-13-5-3-2-4-6-13/h2-10,19H,11H2,1H3. The number of aromatic amines is 1. The summed E-state index contributed by atoms with van der Waals surface area (Å²) in [4.78, 5) is 26.7. The number of benzene rings is 2. The predicted molar refractivity (Wildman–Crippen MR) is 83.9 cm³/mol. The van der Waals surface area contributed by atoms with Crippen LogP contribution in [0.4, 0.5) is 0 Å². The molecular weight excluding hydrogens is 278 g/mol. The van der Waals surface area contributed by atoms with E-state index in [2.05, 4.69) is 4.98 Å². The molecule has 0 saturated heterocycles. The normalized spacial score (nSPS) is 10.6. The maximum Gasteiger partial charge on any atom is 0.338 e. The first-order valence-electron chi connectivity index (χ1n) is 6.98. The summed E-state index contributed by atoms with van der Waals surface area (Å²) in [7, 11) is 0. The fourth-order valence-electron chi connectivity index (χ4n) is 2.35. The highest BCUT2D eigenvalue weighted by Gasteiger charge is 2.12. The number of hydrogen-bond donors (Lipinski definition) is 1. The minimum Gasteiger partial charge on any atom is -0.457 e. The van der Waals surface area contributed by atoms with E-state index in [1.54, 1.807) is 24.4 Å². The van der Waals surface area contributed by atoms with Crippen LogP contribution in [0.25, 0.3) is 10.9 Å². The van der Waals surface area contributed by atoms with Gasteiger partial charge in [0.2, 0.25) is 0 Å². The van der Waals surface area contributed by atoms with E-state index in [9.17, 15) is 9.59 Å². The van der Waals surface area contributed by atoms with Crippen LogP contribution in [0.15, 0.2) is 54.7 Å². The van der Waals surface area contributed by atoms with Gasteiger partial charge in [0, 0.05) is 22.7 Å². The highest BCUT2D eigenvalue weighted by Crippen LogP contribution is 2.21. The molecule has 2 aromatic carbocycles. The van der Waals surface area contributed by atoms with E-state index in [-0.39, 0.29) is 12.4 Å². The highest BCUT2D eigenvalue weighted by atomic mass is 16.5. The lowest BCUT2D eigenvalue weighted by Gasteiger charge is -2.05. The van der Waals surface area contributed by atoms with E-state index in [0.29, 0.717) is 11.1 Å².